The summed E-state index contributed by atoms with van der Waals surface area (Å²) in [6, 6.07) is 37.9. The summed E-state index contributed by atoms with van der Waals surface area (Å²) in [6.45, 7) is 0. The van der Waals surface area contributed by atoms with E-state index in [0.29, 0.717) is 11.8 Å². The van der Waals surface area contributed by atoms with Gasteiger partial charge >= 0.3 is 0 Å². The molecule has 45 heavy (non-hydrogen) atoms. The first-order valence-corrected chi connectivity index (χ1v) is 15.8. The predicted octanol–water partition coefficient (Wildman–Crippen LogP) is 8.44. The van der Waals surface area contributed by atoms with Gasteiger partial charge in [0.1, 0.15) is 0 Å². The molecule has 2 heterocycles. The van der Waals surface area contributed by atoms with Crippen molar-refractivity contribution in [1.29, 1.82) is 0 Å². The van der Waals surface area contributed by atoms with Crippen LogP contribution in [0.3, 0.4) is 0 Å². The number of fused-ring (bicyclic) bond motifs is 4. The molecule has 9 rings (SSSR count). The maximum atomic E-state index is 4.83. The minimum Gasteiger partial charge on any atom is -0.333 e. The van der Waals surface area contributed by atoms with Crippen LogP contribution in [0, 0.1) is 0 Å². The fraction of sp³-hybridized carbons (Fsp3) is 0.0952. The Balaban J connectivity index is 1.09. The molecule has 3 aliphatic carbocycles. The van der Waals surface area contributed by atoms with Gasteiger partial charge in [0.2, 0.25) is 0 Å². The predicted molar refractivity (Wildman–Crippen MR) is 186 cm³/mol. The van der Waals surface area contributed by atoms with Crippen molar-refractivity contribution in [3.8, 4) is 22.4 Å². The second kappa shape index (κ2) is 10.6. The van der Waals surface area contributed by atoms with Crippen molar-refractivity contribution in [2.45, 2.75) is 24.3 Å². The van der Waals surface area contributed by atoms with E-state index in [-0.39, 0.29) is 6.04 Å². The molecule has 0 fully saturated rings. The van der Waals surface area contributed by atoms with E-state index in [1.165, 1.54) is 43.5 Å². The van der Waals surface area contributed by atoms with Gasteiger partial charge in [0.25, 0.3) is 0 Å². The molecule has 0 N–H and O–H groups in total. The highest BCUT2D eigenvalue weighted by Gasteiger charge is 2.33. The maximum absolute atomic E-state index is 4.83. The Kier molecular flexibility index (Phi) is 6.09. The zero-order valence-corrected chi connectivity index (χ0v) is 24.8. The zero-order valence-electron chi connectivity index (χ0n) is 24.8. The van der Waals surface area contributed by atoms with Crippen LogP contribution in [0.4, 0.5) is 11.4 Å². The molecule has 2 aromatic heterocycles. The number of pyridine rings is 2. The molecule has 3 nitrogen and oxygen atoms in total. The van der Waals surface area contributed by atoms with Crippen LogP contribution in [-0.4, -0.2) is 16.0 Å². The number of rotatable bonds is 5. The number of nitrogens with zero attached hydrogens (tertiary/aromatic N) is 3. The summed E-state index contributed by atoms with van der Waals surface area (Å²) in [5.74, 6) is 0.779. The largest absolute Gasteiger partial charge is 0.333 e. The normalized spacial score (nSPS) is 19.0. The van der Waals surface area contributed by atoms with Gasteiger partial charge in [-0.1, -0.05) is 103 Å². The van der Waals surface area contributed by atoms with Gasteiger partial charge in [0.05, 0.1) is 23.6 Å². The Morgan fingerprint density at radius 1 is 0.622 bits per heavy atom. The van der Waals surface area contributed by atoms with Gasteiger partial charge in [0, 0.05) is 35.5 Å². The molecule has 0 saturated heterocycles. The van der Waals surface area contributed by atoms with Gasteiger partial charge in [-0.25, -0.2) is 0 Å². The molecule has 4 aromatic carbocycles. The quantitative estimate of drug-likeness (QED) is 0.206. The number of hydrogen-bond donors (Lipinski definition) is 0. The molecular weight excluding hydrogens is 546 g/mol. The molecule has 0 saturated carbocycles. The molecule has 0 radical (unpaired) electrons. The molecule has 3 atom stereocenters. The van der Waals surface area contributed by atoms with E-state index >= 15 is 0 Å². The molecule has 3 aliphatic rings. The third-order valence-electron chi connectivity index (χ3n) is 9.65. The summed E-state index contributed by atoms with van der Waals surface area (Å²) in [5, 5.41) is 5.45. The number of anilines is 2. The summed E-state index contributed by atoms with van der Waals surface area (Å²) in [6.07, 6.45) is 20.3. The third-order valence-corrected chi connectivity index (χ3v) is 9.65. The van der Waals surface area contributed by atoms with E-state index < -0.39 is 0 Å². The lowest BCUT2D eigenvalue weighted by Crippen LogP contribution is -2.29. The van der Waals surface area contributed by atoms with Crippen LogP contribution >= 0.6 is 0 Å². The molecule has 6 aromatic rings. The van der Waals surface area contributed by atoms with Crippen molar-refractivity contribution >= 4 is 34.3 Å². The highest BCUT2D eigenvalue weighted by molar-refractivity contribution is 6.04. The Hall–Kier alpha value is -5.54. The first kappa shape index (κ1) is 25.9. The molecule has 3 unspecified atom stereocenters. The summed E-state index contributed by atoms with van der Waals surface area (Å²) >= 11 is 0. The minimum atomic E-state index is 0.212. The Morgan fingerprint density at radius 3 is 2.13 bits per heavy atom. The number of benzene rings is 4. The average molecular weight is 578 g/mol. The van der Waals surface area contributed by atoms with E-state index in [2.05, 4.69) is 137 Å². The van der Waals surface area contributed by atoms with Gasteiger partial charge in [-0.2, -0.15) is 0 Å². The zero-order chi connectivity index (χ0) is 29.7. The van der Waals surface area contributed by atoms with Crippen LogP contribution < -0.4 is 15.3 Å². The van der Waals surface area contributed by atoms with Crippen LogP contribution in [0.15, 0.2) is 146 Å². The fourth-order valence-electron chi connectivity index (χ4n) is 7.55. The van der Waals surface area contributed by atoms with Crippen LogP contribution in [0.25, 0.3) is 45.3 Å². The number of hydrogen-bond acceptors (Lipinski definition) is 3. The van der Waals surface area contributed by atoms with Crippen molar-refractivity contribution in [2.75, 3.05) is 4.90 Å². The fourth-order valence-corrected chi connectivity index (χ4v) is 7.55. The van der Waals surface area contributed by atoms with Crippen molar-refractivity contribution < 1.29 is 0 Å². The molecular formula is C42H31N3. The summed E-state index contributed by atoms with van der Waals surface area (Å²) in [7, 11) is 0. The lowest BCUT2D eigenvalue weighted by atomic mass is 9.85. The second-order valence-electron chi connectivity index (χ2n) is 12.2. The van der Waals surface area contributed by atoms with Crippen molar-refractivity contribution in [3.63, 3.8) is 0 Å². The molecule has 0 aliphatic heterocycles. The molecule has 0 bridgehead atoms. The Labute approximate surface area is 262 Å². The first-order valence-electron chi connectivity index (χ1n) is 15.8. The highest BCUT2D eigenvalue weighted by Crippen LogP contribution is 2.51. The van der Waals surface area contributed by atoms with E-state index in [1.807, 2.05) is 24.5 Å². The van der Waals surface area contributed by atoms with Crippen molar-refractivity contribution in [2.24, 2.45) is 0 Å². The smallest absolute Gasteiger partial charge is 0.0719 e. The summed E-state index contributed by atoms with van der Waals surface area (Å²) < 4.78 is 0. The SMILES string of the molecule is C1=CCC(N(c2ccc(-c3ccc4c5c(cccc35)C3C=c5ccccc5=CC43)cc2)c2ccc(-c3cccnc3)nc2)C=C1. The lowest BCUT2D eigenvalue weighted by Gasteiger charge is -2.32. The third kappa shape index (κ3) is 4.35. The minimum absolute atomic E-state index is 0.212. The first-order chi connectivity index (χ1) is 22.3. The molecule has 3 heteroatoms. The van der Waals surface area contributed by atoms with E-state index in [9.17, 15) is 0 Å². The number of aromatic nitrogens is 2. The van der Waals surface area contributed by atoms with Crippen LogP contribution in [-0.2, 0) is 0 Å². The Morgan fingerprint density at radius 2 is 1.42 bits per heavy atom. The lowest BCUT2D eigenvalue weighted by molar-refractivity contribution is 0.783. The van der Waals surface area contributed by atoms with Crippen LogP contribution in [0.5, 0.6) is 0 Å². The monoisotopic (exact) mass is 577 g/mol. The van der Waals surface area contributed by atoms with Crippen molar-refractivity contribution in [1.82, 2.24) is 9.97 Å². The highest BCUT2D eigenvalue weighted by atomic mass is 15.2. The van der Waals surface area contributed by atoms with Gasteiger partial charge in [0.15, 0.2) is 0 Å². The standard InChI is InChI=1S/C42H31N3/c1-2-11-32(12-3-1)45(34-19-22-41(44-27-34)31-10-7-23-43-26-31)33-17-15-28(16-18-33)35-20-21-38-40-25-30-9-5-4-8-29(30)24-39(40)37-14-6-13-36(35)42(37)38/h1-11,13-27,32,39-40H,12H2. The van der Waals surface area contributed by atoms with E-state index in [0.717, 1.165) is 29.1 Å². The molecule has 0 spiro atoms. The topological polar surface area (TPSA) is 29.0 Å². The van der Waals surface area contributed by atoms with Gasteiger partial charge in [-0.3, -0.25) is 9.97 Å². The number of allylic oxidation sites excluding steroid dienone is 2. The second-order valence-corrected chi connectivity index (χ2v) is 12.2. The van der Waals surface area contributed by atoms with Gasteiger partial charge in [-0.15, -0.1) is 0 Å². The average Bonchev–Trinajstić information content (AvgIpc) is 3.43. The van der Waals surface area contributed by atoms with Gasteiger partial charge in [-0.05, 0) is 86.3 Å². The summed E-state index contributed by atoms with van der Waals surface area (Å²) in [5.41, 5.74) is 9.58. The summed E-state index contributed by atoms with van der Waals surface area (Å²) in [4.78, 5) is 11.5. The Bertz CT molecular complexity index is 2200. The molecule has 214 valence electrons. The van der Waals surface area contributed by atoms with Gasteiger partial charge < -0.3 is 4.90 Å². The van der Waals surface area contributed by atoms with Crippen molar-refractivity contribution in [3.05, 3.63) is 168 Å². The molecule has 0 amide bonds. The maximum Gasteiger partial charge on any atom is 0.0719 e. The van der Waals surface area contributed by atoms with E-state index in [1.54, 1.807) is 6.20 Å². The van der Waals surface area contributed by atoms with Crippen LogP contribution in [0.1, 0.15) is 29.4 Å². The van der Waals surface area contributed by atoms with Crippen LogP contribution in [0.2, 0.25) is 0 Å². The van der Waals surface area contributed by atoms with E-state index in [4.69, 9.17) is 4.98 Å².